The predicted octanol–water partition coefficient (Wildman–Crippen LogP) is 3.37. The van der Waals surface area contributed by atoms with E-state index in [2.05, 4.69) is 26.1 Å². The molecule has 0 saturated carbocycles. The maximum atomic E-state index is 12.3. The highest BCUT2D eigenvalue weighted by molar-refractivity contribution is 5.96. The van der Waals surface area contributed by atoms with E-state index in [-0.39, 0.29) is 35.4 Å². The van der Waals surface area contributed by atoms with Crippen LogP contribution in [0, 0.1) is 17.0 Å². The van der Waals surface area contributed by atoms with Gasteiger partial charge in [-0.25, -0.2) is 0 Å². The van der Waals surface area contributed by atoms with Crippen LogP contribution in [-0.2, 0) is 5.41 Å². The highest BCUT2D eigenvalue weighted by atomic mass is 16.6. The van der Waals surface area contributed by atoms with Crippen molar-refractivity contribution in [1.29, 1.82) is 0 Å². The first-order valence-corrected chi connectivity index (χ1v) is 9.03. The smallest absolute Gasteiger partial charge is 0.273 e. The minimum Gasteiger partial charge on any atom is -0.491 e. The molecule has 1 amide bonds. The fourth-order valence-corrected chi connectivity index (χ4v) is 2.68. The molecule has 0 spiro atoms. The number of nitrogens with zero attached hydrogens (tertiary/aromatic N) is 1. The van der Waals surface area contributed by atoms with E-state index in [4.69, 9.17) is 4.74 Å². The molecule has 28 heavy (non-hydrogen) atoms. The summed E-state index contributed by atoms with van der Waals surface area (Å²) in [5.41, 5.74) is 1.61. The van der Waals surface area contributed by atoms with Gasteiger partial charge in [0.1, 0.15) is 18.5 Å². The van der Waals surface area contributed by atoms with Gasteiger partial charge in [0.25, 0.3) is 11.6 Å². The second kappa shape index (κ2) is 8.84. The summed E-state index contributed by atoms with van der Waals surface area (Å²) in [6.45, 7) is 7.88. The predicted molar refractivity (Wildman–Crippen MR) is 107 cm³/mol. The standard InChI is InChI=1S/C21H26N2O5/c1-14-18(6-5-7-19(14)23(26)27)20(25)22-12-16(24)13-28-17-10-8-15(9-11-17)21(2,3)4/h5-11,16,24H,12-13H2,1-4H3,(H,22,25)/t16-/m1/s1. The third-order valence-electron chi connectivity index (χ3n) is 4.41. The number of ether oxygens (including phenoxy) is 1. The minimum atomic E-state index is -0.912. The number of amides is 1. The average Bonchev–Trinajstić information content (AvgIpc) is 2.64. The molecule has 0 bridgehead atoms. The number of aliphatic hydroxyl groups excluding tert-OH is 1. The molecule has 150 valence electrons. The van der Waals surface area contributed by atoms with Gasteiger partial charge in [-0.05, 0) is 36.1 Å². The molecule has 0 aliphatic heterocycles. The summed E-state index contributed by atoms with van der Waals surface area (Å²) in [4.78, 5) is 22.7. The molecule has 2 rings (SSSR count). The molecule has 0 unspecified atom stereocenters. The van der Waals surface area contributed by atoms with Gasteiger partial charge in [-0.15, -0.1) is 0 Å². The molecular formula is C21H26N2O5. The lowest BCUT2D eigenvalue weighted by molar-refractivity contribution is -0.385. The zero-order chi connectivity index (χ0) is 20.9. The number of hydrogen-bond donors (Lipinski definition) is 2. The molecule has 0 heterocycles. The molecule has 0 aliphatic rings. The lowest BCUT2D eigenvalue weighted by Gasteiger charge is -2.19. The van der Waals surface area contributed by atoms with E-state index in [0.29, 0.717) is 5.75 Å². The molecule has 2 N–H and O–H groups in total. The Morgan fingerprint density at radius 3 is 2.43 bits per heavy atom. The quantitative estimate of drug-likeness (QED) is 0.561. The van der Waals surface area contributed by atoms with Crippen molar-refractivity contribution in [1.82, 2.24) is 5.32 Å². The van der Waals surface area contributed by atoms with Gasteiger partial charge in [-0.3, -0.25) is 14.9 Å². The Kier molecular flexibility index (Phi) is 6.75. The van der Waals surface area contributed by atoms with Crippen molar-refractivity contribution in [2.24, 2.45) is 0 Å². The zero-order valence-electron chi connectivity index (χ0n) is 16.6. The summed E-state index contributed by atoms with van der Waals surface area (Å²) in [7, 11) is 0. The normalized spacial score (nSPS) is 12.3. The molecule has 0 saturated heterocycles. The molecule has 1 atom stereocenters. The van der Waals surface area contributed by atoms with Crippen LogP contribution >= 0.6 is 0 Å². The third-order valence-corrected chi connectivity index (χ3v) is 4.41. The second-order valence-electron chi connectivity index (χ2n) is 7.66. The summed E-state index contributed by atoms with van der Waals surface area (Å²) < 4.78 is 5.56. The van der Waals surface area contributed by atoms with Gasteiger partial charge in [0.2, 0.25) is 0 Å². The Morgan fingerprint density at radius 2 is 1.86 bits per heavy atom. The largest absolute Gasteiger partial charge is 0.491 e. The van der Waals surface area contributed by atoms with E-state index in [1.165, 1.54) is 30.7 Å². The lowest BCUT2D eigenvalue weighted by Crippen LogP contribution is -2.35. The molecular weight excluding hydrogens is 360 g/mol. The molecule has 2 aromatic rings. The van der Waals surface area contributed by atoms with Crippen LogP contribution in [-0.4, -0.2) is 35.2 Å². The number of hydrogen-bond acceptors (Lipinski definition) is 5. The van der Waals surface area contributed by atoms with Gasteiger partial charge in [-0.2, -0.15) is 0 Å². The molecule has 0 aliphatic carbocycles. The molecule has 0 radical (unpaired) electrons. The van der Waals surface area contributed by atoms with E-state index in [9.17, 15) is 20.0 Å². The molecule has 2 aromatic carbocycles. The number of carbonyl (C=O) groups is 1. The van der Waals surface area contributed by atoms with Crippen molar-refractivity contribution in [2.45, 2.75) is 39.2 Å². The van der Waals surface area contributed by atoms with Gasteiger partial charge in [0.05, 0.1) is 4.92 Å². The highest BCUT2D eigenvalue weighted by Crippen LogP contribution is 2.24. The van der Waals surface area contributed by atoms with E-state index < -0.39 is 16.9 Å². The first-order valence-electron chi connectivity index (χ1n) is 9.03. The van der Waals surface area contributed by atoms with E-state index >= 15 is 0 Å². The summed E-state index contributed by atoms with van der Waals surface area (Å²) in [5, 5.41) is 23.6. The average molecular weight is 386 g/mol. The van der Waals surface area contributed by atoms with E-state index in [1.807, 2.05) is 24.3 Å². The van der Waals surface area contributed by atoms with Crippen LogP contribution < -0.4 is 10.1 Å². The van der Waals surface area contributed by atoms with Gasteiger partial charge >= 0.3 is 0 Å². The Bertz CT molecular complexity index is 841. The number of rotatable bonds is 7. The van der Waals surface area contributed by atoms with Crippen molar-refractivity contribution in [3.63, 3.8) is 0 Å². The first-order chi connectivity index (χ1) is 13.1. The SMILES string of the molecule is Cc1c(C(=O)NC[C@@H](O)COc2ccc(C(C)(C)C)cc2)cccc1[N+](=O)[O-]. The van der Waals surface area contributed by atoms with Gasteiger partial charge in [0.15, 0.2) is 0 Å². The number of carbonyl (C=O) groups excluding carboxylic acids is 1. The number of nitrogens with one attached hydrogen (secondary N) is 1. The maximum absolute atomic E-state index is 12.3. The van der Waals surface area contributed by atoms with Crippen LogP contribution in [0.4, 0.5) is 5.69 Å². The Balaban J connectivity index is 1.87. The third kappa shape index (κ3) is 5.53. The van der Waals surface area contributed by atoms with Crippen molar-refractivity contribution < 1.29 is 19.6 Å². The van der Waals surface area contributed by atoms with Crippen LogP contribution in [0.1, 0.15) is 42.3 Å². The molecule has 0 aromatic heterocycles. The van der Waals surface area contributed by atoms with Crippen molar-refractivity contribution >= 4 is 11.6 Å². The van der Waals surface area contributed by atoms with Crippen molar-refractivity contribution in [2.75, 3.05) is 13.2 Å². The van der Waals surface area contributed by atoms with Gasteiger partial charge in [0, 0.05) is 23.7 Å². The lowest BCUT2D eigenvalue weighted by atomic mass is 9.87. The second-order valence-corrected chi connectivity index (χ2v) is 7.66. The summed E-state index contributed by atoms with van der Waals surface area (Å²) in [5.74, 6) is 0.155. The van der Waals surface area contributed by atoms with Crippen molar-refractivity contribution in [3.05, 3.63) is 69.3 Å². The minimum absolute atomic E-state index is 0.0169. The van der Waals surface area contributed by atoms with E-state index in [0.717, 1.165) is 0 Å². The maximum Gasteiger partial charge on any atom is 0.273 e. The van der Waals surface area contributed by atoms with Crippen LogP contribution in [0.5, 0.6) is 5.75 Å². The summed E-state index contributed by atoms with van der Waals surface area (Å²) in [6, 6.07) is 12.0. The number of nitro benzene ring substituents is 1. The summed E-state index contributed by atoms with van der Waals surface area (Å²) in [6.07, 6.45) is -0.912. The zero-order valence-corrected chi connectivity index (χ0v) is 16.6. The van der Waals surface area contributed by atoms with Crippen LogP contribution in [0.25, 0.3) is 0 Å². The topological polar surface area (TPSA) is 102 Å². The summed E-state index contributed by atoms with van der Waals surface area (Å²) >= 11 is 0. The Morgan fingerprint density at radius 1 is 1.21 bits per heavy atom. The first kappa shape index (κ1) is 21.4. The van der Waals surface area contributed by atoms with Gasteiger partial charge < -0.3 is 15.2 Å². The van der Waals surface area contributed by atoms with Crippen molar-refractivity contribution in [3.8, 4) is 5.75 Å². The fourth-order valence-electron chi connectivity index (χ4n) is 2.68. The van der Waals surface area contributed by atoms with Gasteiger partial charge in [-0.1, -0.05) is 39.0 Å². The molecule has 7 heteroatoms. The Labute approximate surface area is 164 Å². The fraction of sp³-hybridized carbons (Fsp3) is 0.381. The number of nitro groups is 1. The molecule has 0 fully saturated rings. The van der Waals surface area contributed by atoms with Crippen LogP contribution in [0.3, 0.4) is 0 Å². The monoisotopic (exact) mass is 386 g/mol. The van der Waals surface area contributed by atoms with E-state index in [1.54, 1.807) is 0 Å². The number of aliphatic hydroxyl groups is 1. The van der Waals surface area contributed by atoms with Crippen LogP contribution in [0.15, 0.2) is 42.5 Å². The Hall–Kier alpha value is -2.93. The molecule has 7 nitrogen and oxygen atoms in total. The van der Waals surface area contributed by atoms with Crippen LogP contribution in [0.2, 0.25) is 0 Å². The number of benzene rings is 2. The highest BCUT2D eigenvalue weighted by Gasteiger charge is 2.18.